The van der Waals surface area contributed by atoms with E-state index in [-0.39, 0.29) is 17.9 Å². The lowest BCUT2D eigenvalue weighted by molar-refractivity contribution is -0.205. The van der Waals surface area contributed by atoms with E-state index in [1.807, 2.05) is 0 Å². The number of ether oxygens (including phenoxy) is 1. The highest BCUT2D eigenvalue weighted by atomic mass is 32.2. The second-order valence-electron chi connectivity index (χ2n) is 5.74. The van der Waals surface area contributed by atoms with E-state index in [0.29, 0.717) is 0 Å². The lowest BCUT2D eigenvalue weighted by Gasteiger charge is -2.40. The number of aliphatic hydroxyl groups excluding tert-OH is 4. The molecule has 1 heterocycles. The molecule has 0 radical (unpaired) electrons. The van der Waals surface area contributed by atoms with Crippen LogP contribution in [0.4, 0.5) is 0 Å². The van der Waals surface area contributed by atoms with E-state index in [1.54, 1.807) is 0 Å². The quantitative estimate of drug-likeness (QED) is 0.433. The molecule has 0 spiro atoms. The Morgan fingerprint density at radius 3 is 2.45 bits per heavy atom. The van der Waals surface area contributed by atoms with Crippen LogP contribution in [0.3, 0.4) is 0 Å². The number of nitrogens with two attached hydrogens (primary N) is 1. The highest BCUT2D eigenvalue weighted by Gasteiger charge is 2.44. The summed E-state index contributed by atoms with van der Waals surface area (Å²) < 4.78 is 5.52. The Bertz CT molecular complexity index is 306. The molecule has 6 nitrogen and oxygen atoms in total. The van der Waals surface area contributed by atoms with Crippen LogP contribution in [-0.4, -0.2) is 68.2 Å². The van der Waals surface area contributed by atoms with Gasteiger partial charge in [-0.3, -0.25) is 0 Å². The van der Waals surface area contributed by atoms with Gasteiger partial charge < -0.3 is 30.9 Å². The van der Waals surface area contributed by atoms with Crippen LogP contribution in [0, 0.1) is 0 Å². The van der Waals surface area contributed by atoms with Gasteiger partial charge in [0.05, 0.1) is 6.61 Å². The topological polar surface area (TPSA) is 116 Å². The van der Waals surface area contributed by atoms with E-state index in [1.165, 1.54) is 11.8 Å². The highest BCUT2D eigenvalue weighted by molar-refractivity contribution is 8.00. The molecule has 2 aliphatic rings. The van der Waals surface area contributed by atoms with Crippen LogP contribution >= 0.6 is 11.8 Å². The van der Waals surface area contributed by atoms with Crippen molar-refractivity contribution in [2.45, 2.75) is 73.2 Å². The van der Waals surface area contributed by atoms with Crippen molar-refractivity contribution >= 4 is 11.8 Å². The molecule has 2 fully saturated rings. The fourth-order valence-corrected chi connectivity index (χ4v) is 4.41. The Morgan fingerprint density at radius 1 is 1.05 bits per heavy atom. The summed E-state index contributed by atoms with van der Waals surface area (Å²) in [5, 5.41) is 39.0. The van der Waals surface area contributed by atoms with Gasteiger partial charge in [-0.2, -0.15) is 0 Å². The fraction of sp³-hybridized carbons (Fsp3) is 1.00. The number of aliphatic hydroxyl groups is 4. The monoisotopic (exact) mass is 307 g/mol. The number of rotatable bonds is 3. The molecule has 7 heteroatoms. The first-order valence-corrected chi connectivity index (χ1v) is 8.18. The molecule has 20 heavy (non-hydrogen) atoms. The molecule has 118 valence electrons. The summed E-state index contributed by atoms with van der Waals surface area (Å²) in [5.74, 6) is 0. The van der Waals surface area contributed by atoms with Gasteiger partial charge in [-0.05, 0) is 19.3 Å². The first kappa shape index (κ1) is 16.5. The standard InChI is InChI=1S/C13H25NO5S/c14-7-3-1-2-4-8(5-7)20-13-12(18)11(17)10(16)9(6-15)19-13/h7-13,15-18H,1-6,14H2/t7?,8?,9-,10+,11+,12-,13+/m1/s1. The molecule has 0 aromatic rings. The van der Waals surface area contributed by atoms with Crippen molar-refractivity contribution in [3.8, 4) is 0 Å². The Labute approximate surface area is 123 Å². The van der Waals surface area contributed by atoms with Crippen molar-refractivity contribution in [1.29, 1.82) is 0 Å². The summed E-state index contributed by atoms with van der Waals surface area (Å²) >= 11 is 1.46. The molecular formula is C13H25NO5S. The van der Waals surface area contributed by atoms with Gasteiger partial charge in [-0.15, -0.1) is 11.8 Å². The van der Waals surface area contributed by atoms with E-state index >= 15 is 0 Å². The molecule has 0 amide bonds. The number of hydrogen-bond donors (Lipinski definition) is 5. The van der Waals surface area contributed by atoms with Gasteiger partial charge in [0.25, 0.3) is 0 Å². The Morgan fingerprint density at radius 2 is 1.75 bits per heavy atom. The third kappa shape index (κ3) is 3.85. The van der Waals surface area contributed by atoms with E-state index in [2.05, 4.69) is 0 Å². The van der Waals surface area contributed by atoms with Crippen molar-refractivity contribution in [2.24, 2.45) is 5.73 Å². The van der Waals surface area contributed by atoms with Gasteiger partial charge in [0.2, 0.25) is 0 Å². The average molecular weight is 307 g/mol. The fourth-order valence-electron chi connectivity index (χ4n) is 2.84. The van der Waals surface area contributed by atoms with Gasteiger partial charge in [0.1, 0.15) is 29.9 Å². The first-order valence-electron chi connectivity index (χ1n) is 7.24. The molecule has 2 unspecified atom stereocenters. The smallest absolute Gasteiger partial charge is 0.132 e. The Kier molecular flexibility index (Phi) is 6.09. The zero-order valence-electron chi connectivity index (χ0n) is 11.5. The molecule has 0 aromatic carbocycles. The zero-order valence-corrected chi connectivity index (χ0v) is 12.3. The third-order valence-corrected chi connectivity index (χ3v) is 5.56. The van der Waals surface area contributed by atoms with Crippen molar-refractivity contribution in [3.63, 3.8) is 0 Å². The average Bonchev–Trinajstić information content (AvgIpc) is 2.63. The molecule has 1 saturated carbocycles. The molecule has 0 aromatic heterocycles. The first-order chi connectivity index (χ1) is 9.52. The van der Waals surface area contributed by atoms with Crippen LogP contribution in [0.5, 0.6) is 0 Å². The Balaban J connectivity index is 1.96. The lowest BCUT2D eigenvalue weighted by Crippen LogP contribution is -2.57. The summed E-state index contributed by atoms with van der Waals surface area (Å²) in [4.78, 5) is 0. The predicted octanol–water partition coefficient (Wildman–Crippen LogP) is -0.821. The van der Waals surface area contributed by atoms with Crippen LogP contribution in [0.2, 0.25) is 0 Å². The van der Waals surface area contributed by atoms with Gasteiger partial charge in [0.15, 0.2) is 0 Å². The molecule has 0 bridgehead atoms. The van der Waals surface area contributed by atoms with E-state index in [4.69, 9.17) is 15.6 Å². The summed E-state index contributed by atoms with van der Waals surface area (Å²) in [6.45, 7) is -0.383. The summed E-state index contributed by atoms with van der Waals surface area (Å²) in [7, 11) is 0. The zero-order chi connectivity index (χ0) is 14.7. The largest absolute Gasteiger partial charge is 0.394 e. The van der Waals surface area contributed by atoms with Crippen molar-refractivity contribution in [3.05, 3.63) is 0 Å². The van der Waals surface area contributed by atoms with Gasteiger partial charge in [0, 0.05) is 11.3 Å². The maximum Gasteiger partial charge on any atom is 0.132 e. The van der Waals surface area contributed by atoms with E-state index in [9.17, 15) is 15.3 Å². The van der Waals surface area contributed by atoms with E-state index < -0.39 is 29.9 Å². The maximum absolute atomic E-state index is 10.0. The summed E-state index contributed by atoms with van der Waals surface area (Å²) in [5.41, 5.74) is 5.38. The summed E-state index contributed by atoms with van der Waals surface area (Å²) in [6, 6.07) is 0.167. The molecular weight excluding hydrogens is 282 g/mol. The van der Waals surface area contributed by atoms with Crippen LogP contribution < -0.4 is 5.73 Å². The molecule has 1 saturated heterocycles. The van der Waals surface area contributed by atoms with Crippen molar-refractivity contribution < 1.29 is 25.2 Å². The maximum atomic E-state index is 10.0. The Hall–Kier alpha value is 0.110. The van der Waals surface area contributed by atoms with Crippen LogP contribution in [0.1, 0.15) is 32.1 Å². The third-order valence-electron chi connectivity index (χ3n) is 4.09. The normalized spacial score (nSPS) is 47.0. The van der Waals surface area contributed by atoms with Gasteiger partial charge >= 0.3 is 0 Å². The minimum absolute atomic E-state index is 0.167. The lowest BCUT2D eigenvalue weighted by atomic mass is 10.0. The minimum atomic E-state index is -1.29. The predicted molar refractivity (Wildman–Crippen MR) is 76.2 cm³/mol. The van der Waals surface area contributed by atoms with Crippen LogP contribution in [0.15, 0.2) is 0 Å². The molecule has 1 aliphatic heterocycles. The number of hydrogen-bond acceptors (Lipinski definition) is 7. The highest BCUT2D eigenvalue weighted by Crippen LogP contribution is 2.35. The second-order valence-corrected chi connectivity index (χ2v) is 7.14. The van der Waals surface area contributed by atoms with Crippen LogP contribution in [-0.2, 0) is 4.74 Å². The van der Waals surface area contributed by atoms with Crippen molar-refractivity contribution in [1.82, 2.24) is 0 Å². The molecule has 1 aliphatic carbocycles. The molecule has 6 N–H and O–H groups in total. The van der Waals surface area contributed by atoms with Gasteiger partial charge in [-0.25, -0.2) is 0 Å². The molecule has 2 rings (SSSR count). The van der Waals surface area contributed by atoms with Crippen LogP contribution in [0.25, 0.3) is 0 Å². The number of thioether (sulfide) groups is 1. The minimum Gasteiger partial charge on any atom is -0.394 e. The SMILES string of the molecule is NC1CCCCC(S[C@@H]2O[C@H](CO)[C@H](O)[C@H](O)[C@H]2O)C1. The summed E-state index contributed by atoms with van der Waals surface area (Å²) in [6.07, 6.45) is 0.540. The second kappa shape index (κ2) is 7.40. The molecule has 7 atom stereocenters. The van der Waals surface area contributed by atoms with E-state index in [0.717, 1.165) is 32.1 Å². The van der Waals surface area contributed by atoms with Crippen molar-refractivity contribution in [2.75, 3.05) is 6.61 Å². The van der Waals surface area contributed by atoms with Gasteiger partial charge in [-0.1, -0.05) is 12.8 Å².